The molecule has 2 aromatic carbocycles. The van der Waals surface area contributed by atoms with Crippen LogP contribution < -0.4 is 10.7 Å². The van der Waals surface area contributed by atoms with Crippen molar-refractivity contribution >= 4 is 45.6 Å². The molecule has 2 aromatic rings. The molecule has 0 saturated heterocycles. The largest absolute Gasteiger partial charge is 0.343 e. The van der Waals surface area contributed by atoms with Crippen LogP contribution in [0.25, 0.3) is 0 Å². The summed E-state index contributed by atoms with van der Waals surface area (Å²) < 4.78 is 0.794. The smallest absolute Gasteiger partial charge is 0.259 e. The van der Waals surface area contributed by atoms with Gasteiger partial charge in [-0.25, -0.2) is 5.43 Å². The maximum atomic E-state index is 11.9. The zero-order valence-corrected chi connectivity index (χ0v) is 14.3. The molecule has 0 unspecified atom stereocenters. The van der Waals surface area contributed by atoms with Crippen molar-refractivity contribution in [1.29, 1.82) is 0 Å². The second-order valence-corrected chi connectivity index (χ2v) is 5.89. The third-order valence-electron chi connectivity index (χ3n) is 2.77. The fourth-order valence-electron chi connectivity index (χ4n) is 1.66. The Morgan fingerprint density at radius 3 is 2.61 bits per heavy atom. The summed E-state index contributed by atoms with van der Waals surface area (Å²) >= 11 is 9.05. The number of carbonyl (C=O) groups excluding carboxylic acids is 2. The van der Waals surface area contributed by atoms with Gasteiger partial charge in [0.2, 0.25) is 0 Å². The number of hydrazone groups is 1. The molecule has 0 spiro atoms. The molecular weight excluding hydrogens is 382 g/mol. The highest BCUT2D eigenvalue weighted by molar-refractivity contribution is 9.10. The molecule has 5 nitrogen and oxygen atoms in total. The SMILES string of the molecule is O=C(CNC(=O)c1cccc(Br)c1)N/N=C/c1ccc(Cl)cc1. The summed E-state index contributed by atoms with van der Waals surface area (Å²) in [6.45, 7) is -0.163. The Kier molecular flexibility index (Phi) is 6.31. The number of benzene rings is 2. The van der Waals surface area contributed by atoms with E-state index in [0.29, 0.717) is 10.6 Å². The summed E-state index contributed by atoms with van der Waals surface area (Å²) in [5.41, 5.74) is 3.61. The number of rotatable bonds is 5. The summed E-state index contributed by atoms with van der Waals surface area (Å²) in [6.07, 6.45) is 1.49. The van der Waals surface area contributed by atoms with E-state index in [1.807, 2.05) is 6.07 Å². The molecular formula is C16H13BrClN3O2. The Bertz CT molecular complexity index is 732. The van der Waals surface area contributed by atoms with Gasteiger partial charge in [0.25, 0.3) is 11.8 Å². The fourth-order valence-corrected chi connectivity index (χ4v) is 2.18. The van der Waals surface area contributed by atoms with E-state index in [1.54, 1.807) is 42.5 Å². The summed E-state index contributed by atoms with van der Waals surface area (Å²) in [5.74, 6) is -0.748. The van der Waals surface area contributed by atoms with Gasteiger partial charge in [-0.1, -0.05) is 45.7 Å². The first kappa shape index (κ1) is 17.2. The molecule has 0 radical (unpaired) electrons. The molecule has 7 heteroatoms. The van der Waals surface area contributed by atoms with Gasteiger partial charge >= 0.3 is 0 Å². The Morgan fingerprint density at radius 2 is 1.91 bits per heavy atom. The van der Waals surface area contributed by atoms with Crippen LogP contribution in [-0.4, -0.2) is 24.6 Å². The van der Waals surface area contributed by atoms with Crippen LogP contribution in [0, 0.1) is 0 Å². The van der Waals surface area contributed by atoms with Crippen molar-refractivity contribution in [3.05, 3.63) is 69.2 Å². The van der Waals surface area contributed by atoms with E-state index < -0.39 is 5.91 Å². The minimum atomic E-state index is -0.418. The van der Waals surface area contributed by atoms with Crippen LogP contribution in [0.1, 0.15) is 15.9 Å². The lowest BCUT2D eigenvalue weighted by atomic mass is 10.2. The van der Waals surface area contributed by atoms with Crippen molar-refractivity contribution in [3.63, 3.8) is 0 Å². The molecule has 2 amide bonds. The number of halogens is 2. The topological polar surface area (TPSA) is 70.6 Å². The van der Waals surface area contributed by atoms with Gasteiger partial charge < -0.3 is 5.32 Å². The predicted molar refractivity (Wildman–Crippen MR) is 93.7 cm³/mol. The zero-order valence-electron chi connectivity index (χ0n) is 11.9. The van der Waals surface area contributed by atoms with Gasteiger partial charge in [-0.05, 0) is 35.9 Å². The summed E-state index contributed by atoms with van der Waals surface area (Å²) in [7, 11) is 0. The maximum absolute atomic E-state index is 11.9. The molecule has 0 heterocycles. The second-order valence-electron chi connectivity index (χ2n) is 4.54. The van der Waals surface area contributed by atoms with Crippen molar-refractivity contribution in [3.8, 4) is 0 Å². The number of hydrogen-bond acceptors (Lipinski definition) is 3. The highest BCUT2D eigenvalue weighted by Crippen LogP contribution is 2.11. The molecule has 0 fully saturated rings. The van der Waals surface area contributed by atoms with Crippen molar-refractivity contribution in [2.45, 2.75) is 0 Å². The van der Waals surface area contributed by atoms with E-state index in [1.165, 1.54) is 6.21 Å². The summed E-state index contributed by atoms with van der Waals surface area (Å²) in [6, 6.07) is 13.9. The van der Waals surface area contributed by atoms with E-state index in [9.17, 15) is 9.59 Å². The lowest BCUT2D eigenvalue weighted by molar-refractivity contribution is -0.120. The Morgan fingerprint density at radius 1 is 1.17 bits per heavy atom. The van der Waals surface area contributed by atoms with Gasteiger partial charge in [0.15, 0.2) is 0 Å². The average molecular weight is 395 g/mol. The zero-order chi connectivity index (χ0) is 16.7. The average Bonchev–Trinajstić information content (AvgIpc) is 2.54. The predicted octanol–water partition coefficient (Wildman–Crippen LogP) is 2.98. The molecule has 0 bridgehead atoms. The molecule has 0 saturated carbocycles. The Hall–Kier alpha value is -2.18. The Labute approximate surface area is 146 Å². The first-order chi connectivity index (χ1) is 11.0. The summed E-state index contributed by atoms with van der Waals surface area (Å²) in [5, 5.41) is 6.95. The molecule has 0 aliphatic carbocycles. The van der Waals surface area contributed by atoms with E-state index in [0.717, 1.165) is 10.0 Å². The molecule has 0 aromatic heterocycles. The fraction of sp³-hybridized carbons (Fsp3) is 0.0625. The standard InChI is InChI=1S/C16H13BrClN3O2/c17-13-3-1-2-12(8-13)16(23)19-10-15(22)21-20-9-11-4-6-14(18)7-5-11/h1-9H,10H2,(H,19,23)(H,21,22)/b20-9+. The number of carbonyl (C=O) groups is 2. The molecule has 0 atom stereocenters. The Balaban J connectivity index is 1.78. The maximum Gasteiger partial charge on any atom is 0.259 e. The number of nitrogens with zero attached hydrogens (tertiary/aromatic N) is 1. The minimum absolute atomic E-state index is 0.163. The van der Waals surface area contributed by atoms with Crippen LogP contribution in [0.2, 0.25) is 5.02 Å². The van der Waals surface area contributed by atoms with Crippen LogP contribution in [0.3, 0.4) is 0 Å². The lowest BCUT2D eigenvalue weighted by Crippen LogP contribution is -2.34. The van der Waals surface area contributed by atoms with E-state index in [2.05, 4.69) is 31.8 Å². The highest BCUT2D eigenvalue weighted by atomic mass is 79.9. The van der Waals surface area contributed by atoms with Crippen molar-refractivity contribution in [2.24, 2.45) is 5.10 Å². The van der Waals surface area contributed by atoms with Gasteiger partial charge in [0, 0.05) is 15.1 Å². The van der Waals surface area contributed by atoms with E-state index in [-0.39, 0.29) is 12.5 Å². The van der Waals surface area contributed by atoms with Gasteiger partial charge in [-0.15, -0.1) is 0 Å². The molecule has 0 aliphatic rings. The third kappa shape index (κ3) is 5.84. The molecule has 0 aliphatic heterocycles. The van der Waals surface area contributed by atoms with Crippen LogP contribution in [-0.2, 0) is 4.79 Å². The molecule has 2 N–H and O–H groups in total. The van der Waals surface area contributed by atoms with Gasteiger partial charge in [-0.2, -0.15) is 5.10 Å². The normalized spacial score (nSPS) is 10.5. The molecule has 23 heavy (non-hydrogen) atoms. The lowest BCUT2D eigenvalue weighted by Gasteiger charge is -2.04. The molecule has 118 valence electrons. The van der Waals surface area contributed by atoms with E-state index in [4.69, 9.17) is 11.6 Å². The van der Waals surface area contributed by atoms with Crippen LogP contribution in [0.15, 0.2) is 58.1 Å². The van der Waals surface area contributed by atoms with E-state index >= 15 is 0 Å². The third-order valence-corrected chi connectivity index (χ3v) is 3.51. The van der Waals surface area contributed by atoms with Gasteiger partial charge in [0.05, 0.1) is 12.8 Å². The number of nitrogens with one attached hydrogen (secondary N) is 2. The van der Waals surface area contributed by atoms with Crippen LogP contribution >= 0.6 is 27.5 Å². The van der Waals surface area contributed by atoms with Gasteiger partial charge in [0.1, 0.15) is 0 Å². The van der Waals surface area contributed by atoms with Crippen molar-refractivity contribution in [1.82, 2.24) is 10.7 Å². The second kappa shape index (κ2) is 8.45. The van der Waals surface area contributed by atoms with Crippen molar-refractivity contribution in [2.75, 3.05) is 6.54 Å². The highest BCUT2D eigenvalue weighted by Gasteiger charge is 2.07. The number of hydrogen-bond donors (Lipinski definition) is 2. The monoisotopic (exact) mass is 393 g/mol. The van der Waals surface area contributed by atoms with Crippen LogP contribution in [0.4, 0.5) is 0 Å². The van der Waals surface area contributed by atoms with Crippen LogP contribution in [0.5, 0.6) is 0 Å². The quantitative estimate of drug-likeness (QED) is 0.604. The van der Waals surface area contributed by atoms with Crippen molar-refractivity contribution < 1.29 is 9.59 Å². The molecule has 2 rings (SSSR count). The van der Waals surface area contributed by atoms with Gasteiger partial charge in [-0.3, -0.25) is 9.59 Å². The first-order valence-corrected chi connectivity index (χ1v) is 7.83. The summed E-state index contributed by atoms with van der Waals surface area (Å²) in [4.78, 5) is 23.5. The first-order valence-electron chi connectivity index (χ1n) is 6.66. The number of amides is 2. The minimum Gasteiger partial charge on any atom is -0.343 e.